The van der Waals surface area contributed by atoms with Crippen molar-refractivity contribution in [3.8, 4) is 16.9 Å². The first-order valence-electron chi connectivity index (χ1n) is 13.1. The summed E-state index contributed by atoms with van der Waals surface area (Å²) in [7, 11) is 0. The zero-order valence-corrected chi connectivity index (χ0v) is 23.0. The lowest BCUT2D eigenvalue weighted by Crippen LogP contribution is -2.28. The van der Waals surface area contributed by atoms with E-state index >= 15 is 0 Å². The Balaban J connectivity index is 1.58. The van der Waals surface area contributed by atoms with Gasteiger partial charge in [0.05, 0.1) is 6.61 Å². The van der Waals surface area contributed by atoms with Gasteiger partial charge >= 0.3 is 11.9 Å². The van der Waals surface area contributed by atoms with E-state index in [1.54, 1.807) is 13.8 Å². The minimum atomic E-state index is -0.952. The molecule has 0 aliphatic rings. The molecule has 0 aromatic heterocycles. The van der Waals surface area contributed by atoms with Crippen LogP contribution >= 0.6 is 0 Å². The van der Waals surface area contributed by atoms with Gasteiger partial charge in [0.1, 0.15) is 12.4 Å². The van der Waals surface area contributed by atoms with Gasteiger partial charge in [-0.15, -0.1) is 0 Å². The number of hydrogen-bond donors (Lipinski definition) is 1. The summed E-state index contributed by atoms with van der Waals surface area (Å²) >= 11 is 0. The van der Waals surface area contributed by atoms with Gasteiger partial charge in [-0.1, -0.05) is 54.6 Å². The molecular weight excluding hydrogens is 492 g/mol. The van der Waals surface area contributed by atoms with Crippen LogP contribution in [0.25, 0.3) is 22.3 Å². The summed E-state index contributed by atoms with van der Waals surface area (Å²) in [4.78, 5) is 23.1. The van der Waals surface area contributed by atoms with Crippen molar-refractivity contribution in [3.63, 3.8) is 0 Å². The molecule has 0 heterocycles. The molecule has 6 heteroatoms. The van der Waals surface area contributed by atoms with Crippen molar-refractivity contribution in [3.05, 3.63) is 102 Å². The number of carbonyl (C=O) groups excluding carboxylic acids is 1. The van der Waals surface area contributed by atoms with Crippen LogP contribution in [0.4, 0.5) is 0 Å². The fourth-order valence-electron chi connectivity index (χ4n) is 4.10. The normalized spacial score (nSPS) is 12.6. The van der Waals surface area contributed by atoms with E-state index in [1.165, 1.54) is 6.08 Å². The van der Waals surface area contributed by atoms with Crippen LogP contribution in [0.1, 0.15) is 44.4 Å². The van der Waals surface area contributed by atoms with Crippen molar-refractivity contribution in [2.45, 2.75) is 40.2 Å². The Morgan fingerprint density at radius 1 is 0.846 bits per heavy atom. The molecule has 0 amide bonds. The molecule has 3 aromatic rings. The van der Waals surface area contributed by atoms with Crippen molar-refractivity contribution in [1.82, 2.24) is 0 Å². The summed E-state index contributed by atoms with van der Waals surface area (Å²) in [5, 5.41) is 9.02. The van der Waals surface area contributed by atoms with Crippen molar-refractivity contribution in [2.75, 3.05) is 19.8 Å². The summed E-state index contributed by atoms with van der Waals surface area (Å²) < 4.78 is 16.6. The fraction of sp³-hybridized carbons (Fsp3) is 0.273. The predicted molar refractivity (Wildman–Crippen MR) is 155 cm³/mol. The molecule has 6 nitrogen and oxygen atoms in total. The summed E-state index contributed by atoms with van der Waals surface area (Å²) in [6.07, 6.45) is 3.09. The molecular formula is C33H36O6. The zero-order valence-electron chi connectivity index (χ0n) is 23.0. The lowest BCUT2D eigenvalue weighted by molar-refractivity contribution is -0.156. The van der Waals surface area contributed by atoms with Crippen molar-refractivity contribution in [1.29, 1.82) is 0 Å². The van der Waals surface area contributed by atoms with E-state index in [-0.39, 0.29) is 5.97 Å². The van der Waals surface area contributed by atoms with Crippen LogP contribution in [-0.2, 0) is 25.5 Å². The number of rotatable bonds is 13. The van der Waals surface area contributed by atoms with Gasteiger partial charge in [-0.05, 0) is 90.9 Å². The Morgan fingerprint density at radius 2 is 1.56 bits per heavy atom. The molecule has 0 bridgehead atoms. The van der Waals surface area contributed by atoms with Crippen LogP contribution in [0, 0.1) is 0 Å². The number of carboxylic acids is 1. The number of hydrogen-bond acceptors (Lipinski definition) is 5. The first-order chi connectivity index (χ1) is 18.8. The largest absolute Gasteiger partial charge is 0.490 e. The number of allylic oxidation sites excluding steroid dienone is 2. The van der Waals surface area contributed by atoms with Gasteiger partial charge in [-0.3, -0.25) is 0 Å². The molecule has 0 aliphatic carbocycles. The van der Waals surface area contributed by atoms with Crippen LogP contribution in [0.3, 0.4) is 0 Å². The van der Waals surface area contributed by atoms with E-state index in [2.05, 4.69) is 24.3 Å². The quantitative estimate of drug-likeness (QED) is 0.193. The highest BCUT2D eigenvalue weighted by molar-refractivity contribution is 5.90. The lowest BCUT2D eigenvalue weighted by atomic mass is 9.97. The van der Waals surface area contributed by atoms with E-state index in [0.717, 1.165) is 39.1 Å². The highest BCUT2D eigenvalue weighted by Crippen LogP contribution is 2.26. The van der Waals surface area contributed by atoms with Crippen LogP contribution < -0.4 is 4.74 Å². The Bertz CT molecular complexity index is 1300. The SMILES string of the molecule is CCOC(=O)C(Cc1ccc(OCC=C(C)c2ccc(-c3cccc(C(C)=CC(=O)O)c3)cc2)cc1)OCC. The molecule has 0 fully saturated rings. The molecule has 0 spiro atoms. The van der Waals surface area contributed by atoms with E-state index in [4.69, 9.17) is 19.3 Å². The van der Waals surface area contributed by atoms with Crippen molar-refractivity contribution >= 4 is 23.1 Å². The molecule has 39 heavy (non-hydrogen) atoms. The highest BCUT2D eigenvalue weighted by atomic mass is 16.6. The van der Waals surface area contributed by atoms with Gasteiger partial charge in [0.15, 0.2) is 6.10 Å². The third-order valence-electron chi connectivity index (χ3n) is 6.23. The molecule has 204 valence electrons. The Morgan fingerprint density at radius 3 is 2.21 bits per heavy atom. The maximum Gasteiger partial charge on any atom is 0.335 e. The van der Waals surface area contributed by atoms with Gasteiger partial charge < -0.3 is 19.3 Å². The molecule has 3 rings (SSSR count). The van der Waals surface area contributed by atoms with Crippen LogP contribution in [-0.4, -0.2) is 43.0 Å². The first kappa shape index (κ1) is 29.4. The number of carbonyl (C=O) groups is 2. The predicted octanol–water partition coefficient (Wildman–Crippen LogP) is 6.83. The Kier molecular flexibility index (Phi) is 11.1. The lowest BCUT2D eigenvalue weighted by Gasteiger charge is -2.15. The maximum absolute atomic E-state index is 12.1. The van der Waals surface area contributed by atoms with Gasteiger partial charge in [0, 0.05) is 19.1 Å². The first-order valence-corrected chi connectivity index (χ1v) is 13.1. The second kappa shape index (κ2) is 14.7. The van der Waals surface area contributed by atoms with Crippen LogP contribution in [0.2, 0.25) is 0 Å². The second-order valence-electron chi connectivity index (χ2n) is 9.07. The number of benzene rings is 3. The molecule has 0 saturated heterocycles. The van der Waals surface area contributed by atoms with E-state index in [0.29, 0.717) is 31.8 Å². The van der Waals surface area contributed by atoms with Gasteiger partial charge in [-0.2, -0.15) is 0 Å². The second-order valence-corrected chi connectivity index (χ2v) is 9.07. The van der Waals surface area contributed by atoms with Crippen molar-refractivity contribution in [2.24, 2.45) is 0 Å². The van der Waals surface area contributed by atoms with Crippen LogP contribution in [0.5, 0.6) is 5.75 Å². The number of carboxylic acid groups (broad SMARTS) is 1. The molecule has 0 saturated carbocycles. The highest BCUT2D eigenvalue weighted by Gasteiger charge is 2.20. The number of aliphatic carboxylic acids is 1. The monoisotopic (exact) mass is 528 g/mol. The molecule has 3 aromatic carbocycles. The summed E-state index contributed by atoms with van der Waals surface area (Å²) in [5.41, 5.74) is 6.84. The summed E-state index contributed by atoms with van der Waals surface area (Å²) in [6, 6.07) is 23.8. The Labute approximate surface area is 230 Å². The van der Waals surface area contributed by atoms with Gasteiger partial charge in [0.2, 0.25) is 0 Å². The third kappa shape index (κ3) is 8.97. The maximum atomic E-state index is 12.1. The molecule has 1 atom stereocenters. The average molecular weight is 529 g/mol. The Hall–Kier alpha value is -4.16. The summed E-state index contributed by atoms with van der Waals surface area (Å²) in [6.45, 7) is 8.68. The van der Waals surface area contributed by atoms with E-state index in [9.17, 15) is 9.59 Å². The topological polar surface area (TPSA) is 82.1 Å². The molecule has 1 N–H and O–H groups in total. The molecule has 0 radical (unpaired) electrons. The smallest absolute Gasteiger partial charge is 0.335 e. The summed E-state index contributed by atoms with van der Waals surface area (Å²) in [5.74, 6) is -0.550. The minimum Gasteiger partial charge on any atom is -0.490 e. The molecule has 1 unspecified atom stereocenters. The number of esters is 1. The van der Waals surface area contributed by atoms with E-state index < -0.39 is 12.1 Å². The van der Waals surface area contributed by atoms with Crippen molar-refractivity contribution < 1.29 is 28.9 Å². The average Bonchev–Trinajstić information content (AvgIpc) is 2.93. The van der Waals surface area contributed by atoms with E-state index in [1.807, 2.05) is 68.5 Å². The molecule has 0 aliphatic heterocycles. The van der Waals surface area contributed by atoms with Gasteiger partial charge in [-0.25, -0.2) is 9.59 Å². The third-order valence-corrected chi connectivity index (χ3v) is 6.23. The zero-order chi connectivity index (χ0) is 28.2. The number of ether oxygens (including phenoxy) is 3. The fourth-order valence-corrected chi connectivity index (χ4v) is 4.10. The van der Waals surface area contributed by atoms with Crippen LogP contribution in [0.15, 0.2) is 84.9 Å². The minimum absolute atomic E-state index is 0.327. The van der Waals surface area contributed by atoms with Gasteiger partial charge in [0.25, 0.3) is 0 Å². The standard InChI is InChI=1S/C33H36O6/c1-5-37-31(33(36)38-6-2)21-25-10-16-30(17-11-25)39-19-18-23(3)26-12-14-27(15-13-26)29-9-7-8-28(22-29)24(4)20-32(34)35/h7-18,20,22,31H,5-6,19,21H2,1-4H3,(H,34,35).